The molecule has 0 saturated carbocycles. The Morgan fingerprint density at radius 1 is 0.952 bits per heavy atom. The Kier molecular flexibility index (Phi) is 6.94. The van der Waals surface area contributed by atoms with E-state index >= 15 is 0 Å². The molecule has 1 rings (SSSR count). The molecule has 0 fully saturated rings. The number of nitrogens with zero attached hydrogens (tertiary/aromatic N) is 2. The van der Waals surface area contributed by atoms with Crippen LogP contribution in [0.15, 0.2) is 12.2 Å². The Morgan fingerprint density at radius 3 is 1.86 bits per heavy atom. The van der Waals surface area contributed by atoms with Gasteiger partial charge < -0.3 is 4.90 Å². The molecule has 116 valence electrons. The van der Waals surface area contributed by atoms with E-state index in [9.17, 15) is 19.2 Å². The average molecular weight is 294 g/mol. The summed E-state index contributed by atoms with van der Waals surface area (Å²) in [6.07, 6.45) is 4.06. The Hall–Kier alpha value is -1.82. The van der Waals surface area contributed by atoms with Gasteiger partial charge in [0.25, 0.3) is 11.8 Å². The molecular weight excluding hydrogens is 272 g/mol. The number of hydrogen-bond donors (Lipinski definition) is 0. The molecule has 0 spiro atoms. The number of carbonyl (C=O) groups excluding carboxylic acids is 4. The summed E-state index contributed by atoms with van der Waals surface area (Å²) in [5.74, 6) is -0.341. The van der Waals surface area contributed by atoms with Crippen molar-refractivity contribution in [1.29, 1.82) is 0 Å². The smallest absolute Gasteiger partial charge is 0.253 e. The minimum atomic E-state index is -0.279. The maximum absolute atomic E-state index is 11.4. The van der Waals surface area contributed by atoms with Gasteiger partial charge >= 0.3 is 0 Å². The van der Waals surface area contributed by atoms with Crippen LogP contribution < -0.4 is 0 Å². The lowest BCUT2D eigenvalue weighted by Crippen LogP contribution is -2.35. The van der Waals surface area contributed by atoms with Crippen molar-refractivity contribution in [3.63, 3.8) is 0 Å². The molecule has 1 aliphatic rings. The highest BCUT2D eigenvalue weighted by atomic mass is 16.2. The van der Waals surface area contributed by atoms with Crippen molar-refractivity contribution < 1.29 is 19.2 Å². The van der Waals surface area contributed by atoms with Crippen LogP contribution in [0.3, 0.4) is 0 Å². The number of ketones is 2. The van der Waals surface area contributed by atoms with Crippen molar-refractivity contribution in [2.24, 2.45) is 0 Å². The van der Waals surface area contributed by atoms with E-state index in [1.165, 1.54) is 30.9 Å². The largest absolute Gasteiger partial charge is 0.302 e. The second-order valence-corrected chi connectivity index (χ2v) is 5.26. The molecule has 2 amide bonds. The Bertz CT molecular complexity index is 421. The molecule has 1 aliphatic heterocycles. The van der Waals surface area contributed by atoms with Crippen LogP contribution >= 0.6 is 0 Å². The molecule has 1 heterocycles. The van der Waals surface area contributed by atoms with Gasteiger partial charge in [0.05, 0.1) is 0 Å². The lowest BCUT2D eigenvalue weighted by Gasteiger charge is -2.22. The first-order valence-electron chi connectivity index (χ1n) is 7.15. The summed E-state index contributed by atoms with van der Waals surface area (Å²) in [5, 5.41) is 0. The summed E-state index contributed by atoms with van der Waals surface area (Å²) in [6.45, 7) is 5.29. The summed E-state index contributed by atoms with van der Waals surface area (Å²) in [4.78, 5) is 48.2. The average Bonchev–Trinajstić information content (AvgIpc) is 2.72. The lowest BCUT2D eigenvalue weighted by atomic mass is 10.2. The SMILES string of the molecule is CC(=O)CCN(CCCN1C(=O)C=CC1=O)CCC(C)=O. The van der Waals surface area contributed by atoms with Crippen molar-refractivity contribution in [3.05, 3.63) is 12.2 Å². The van der Waals surface area contributed by atoms with Crippen LogP contribution in [-0.4, -0.2) is 59.4 Å². The monoisotopic (exact) mass is 294 g/mol. The van der Waals surface area contributed by atoms with Gasteiger partial charge in [-0.3, -0.25) is 24.1 Å². The first kappa shape index (κ1) is 17.2. The van der Waals surface area contributed by atoms with E-state index in [1.807, 2.05) is 4.90 Å². The normalized spacial score (nSPS) is 14.3. The molecule has 6 heteroatoms. The molecular formula is C15H22N2O4. The van der Waals surface area contributed by atoms with Gasteiger partial charge in [-0.1, -0.05) is 0 Å². The Balaban J connectivity index is 2.37. The predicted octanol–water partition coefficient (Wildman–Crippen LogP) is 0.562. The number of imide groups is 1. The summed E-state index contributed by atoms with van der Waals surface area (Å²) < 4.78 is 0. The summed E-state index contributed by atoms with van der Waals surface area (Å²) in [6, 6.07) is 0. The molecule has 0 N–H and O–H groups in total. The molecule has 0 radical (unpaired) electrons. The fraction of sp³-hybridized carbons (Fsp3) is 0.600. The van der Waals surface area contributed by atoms with E-state index in [0.717, 1.165) is 0 Å². The van der Waals surface area contributed by atoms with Gasteiger partial charge in [-0.2, -0.15) is 0 Å². The number of hydrogen-bond acceptors (Lipinski definition) is 5. The minimum Gasteiger partial charge on any atom is -0.302 e. The minimum absolute atomic E-state index is 0.108. The Labute approximate surface area is 124 Å². The number of carbonyl (C=O) groups is 4. The van der Waals surface area contributed by atoms with Crippen molar-refractivity contribution >= 4 is 23.4 Å². The summed E-state index contributed by atoms with van der Waals surface area (Å²) in [7, 11) is 0. The molecule has 0 aromatic rings. The fourth-order valence-corrected chi connectivity index (χ4v) is 2.07. The second-order valence-electron chi connectivity index (χ2n) is 5.26. The van der Waals surface area contributed by atoms with Crippen LogP contribution in [0.2, 0.25) is 0 Å². The highest BCUT2D eigenvalue weighted by molar-refractivity contribution is 6.12. The highest BCUT2D eigenvalue weighted by Gasteiger charge is 2.22. The van der Waals surface area contributed by atoms with Crippen LogP contribution in [0.4, 0.5) is 0 Å². The van der Waals surface area contributed by atoms with E-state index in [1.54, 1.807) is 0 Å². The van der Waals surface area contributed by atoms with Gasteiger partial charge in [0, 0.05) is 44.6 Å². The standard InChI is InChI=1S/C15H22N2O4/c1-12(18)6-10-16(11-7-13(2)19)8-3-9-17-14(20)4-5-15(17)21/h4-5H,3,6-11H2,1-2H3. The van der Waals surface area contributed by atoms with Crippen molar-refractivity contribution in [2.45, 2.75) is 33.1 Å². The third-order valence-corrected chi connectivity index (χ3v) is 3.32. The Morgan fingerprint density at radius 2 is 1.43 bits per heavy atom. The topological polar surface area (TPSA) is 74.8 Å². The van der Waals surface area contributed by atoms with E-state index in [2.05, 4.69) is 0 Å². The number of Topliss-reactive ketones (excluding diaryl/α,β-unsaturated/α-hetero) is 2. The third kappa shape index (κ3) is 6.44. The number of amides is 2. The van der Waals surface area contributed by atoms with E-state index in [-0.39, 0.29) is 23.4 Å². The highest BCUT2D eigenvalue weighted by Crippen LogP contribution is 2.05. The molecule has 0 atom stereocenters. The van der Waals surface area contributed by atoms with Gasteiger partial charge in [0.2, 0.25) is 0 Å². The lowest BCUT2D eigenvalue weighted by molar-refractivity contribution is -0.136. The van der Waals surface area contributed by atoms with Crippen LogP contribution in [0.25, 0.3) is 0 Å². The summed E-state index contributed by atoms with van der Waals surface area (Å²) >= 11 is 0. The zero-order valence-electron chi connectivity index (χ0n) is 12.6. The molecule has 21 heavy (non-hydrogen) atoms. The molecule has 0 aromatic carbocycles. The van der Waals surface area contributed by atoms with Gasteiger partial charge in [-0.15, -0.1) is 0 Å². The van der Waals surface area contributed by atoms with E-state index in [4.69, 9.17) is 0 Å². The predicted molar refractivity (Wildman–Crippen MR) is 77.5 cm³/mol. The maximum atomic E-state index is 11.4. The van der Waals surface area contributed by atoms with Crippen LogP contribution in [0, 0.1) is 0 Å². The maximum Gasteiger partial charge on any atom is 0.253 e. The van der Waals surface area contributed by atoms with Gasteiger partial charge in [0.1, 0.15) is 11.6 Å². The zero-order valence-corrected chi connectivity index (χ0v) is 12.6. The fourth-order valence-electron chi connectivity index (χ4n) is 2.07. The van der Waals surface area contributed by atoms with Crippen molar-refractivity contribution in [1.82, 2.24) is 9.80 Å². The molecule has 0 aliphatic carbocycles. The van der Waals surface area contributed by atoms with Gasteiger partial charge in [-0.05, 0) is 26.8 Å². The first-order valence-corrected chi connectivity index (χ1v) is 7.15. The van der Waals surface area contributed by atoms with Gasteiger partial charge in [-0.25, -0.2) is 0 Å². The quantitative estimate of drug-likeness (QED) is 0.550. The molecule has 0 unspecified atom stereocenters. The van der Waals surface area contributed by atoms with Crippen LogP contribution in [0.1, 0.15) is 33.1 Å². The zero-order chi connectivity index (χ0) is 15.8. The first-order chi connectivity index (χ1) is 9.90. The van der Waals surface area contributed by atoms with Crippen molar-refractivity contribution in [2.75, 3.05) is 26.2 Å². The second kappa shape index (κ2) is 8.46. The molecule has 0 bridgehead atoms. The molecule has 6 nitrogen and oxygen atoms in total. The van der Waals surface area contributed by atoms with Crippen LogP contribution in [-0.2, 0) is 19.2 Å². The van der Waals surface area contributed by atoms with E-state index in [0.29, 0.717) is 45.4 Å². The number of rotatable bonds is 10. The van der Waals surface area contributed by atoms with Gasteiger partial charge in [0.15, 0.2) is 0 Å². The summed E-state index contributed by atoms with van der Waals surface area (Å²) in [5.41, 5.74) is 0. The molecule has 0 aromatic heterocycles. The van der Waals surface area contributed by atoms with E-state index < -0.39 is 0 Å². The van der Waals surface area contributed by atoms with Crippen molar-refractivity contribution in [3.8, 4) is 0 Å². The molecule has 0 saturated heterocycles. The van der Waals surface area contributed by atoms with Crippen LogP contribution in [0.5, 0.6) is 0 Å². The third-order valence-electron chi connectivity index (χ3n) is 3.32.